The van der Waals surface area contributed by atoms with Crippen LogP contribution in [0.25, 0.3) is 44.8 Å². The van der Waals surface area contributed by atoms with Gasteiger partial charge in [0.05, 0.1) is 5.56 Å². The van der Waals surface area contributed by atoms with Crippen LogP contribution in [0.3, 0.4) is 0 Å². The van der Waals surface area contributed by atoms with E-state index in [0.717, 1.165) is 22.3 Å². The molecule has 0 aliphatic heterocycles. The second kappa shape index (κ2) is 10.5. The molecule has 6 rings (SSSR count). The number of halogens is 2. The average molecular weight is 511 g/mol. The number of nitrogens with zero attached hydrogens (tertiary/aromatic N) is 1. The summed E-state index contributed by atoms with van der Waals surface area (Å²) < 4.78 is 34.8. The molecule has 0 radical (unpaired) electrons. The first-order chi connectivity index (χ1) is 19.1. The fraction of sp³-hybridized carbons (Fsp3) is 0.0278. The van der Waals surface area contributed by atoms with Crippen molar-refractivity contribution in [1.29, 1.82) is 0 Å². The molecule has 1 aromatic heterocycles. The molecule has 0 atom stereocenters. The Bertz CT molecular complexity index is 1620. The van der Waals surface area contributed by atoms with Crippen molar-refractivity contribution in [1.82, 2.24) is 0 Å². The summed E-state index contributed by atoms with van der Waals surface area (Å²) in [5.41, 5.74) is 5.96. The monoisotopic (exact) mass is 510 g/mol. The summed E-state index contributed by atoms with van der Waals surface area (Å²) in [5, 5.41) is 0. The lowest BCUT2D eigenvalue weighted by Gasteiger charge is -2.19. The van der Waals surface area contributed by atoms with Crippen molar-refractivity contribution in [3.8, 4) is 44.8 Å². The summed E-state index contributed by atoms with van der Waals surface area (Å²) in [4.78, 5) is 0. The van der Waals surface area contributed by atoms with Crippen LogP contribution < -0.4 is 4.57 Å². The van der Waals surface area contributed by atoms with Crippen molar-refractivity contribution in [2.24, 2.45) is 0 Å². The minimum Gasteiger partial charge on any atom is -0.134 e. The molecule has 39 heavy (non-hydrogen) atoms. The second-order valence-electron chi connectivity index (χ2n) is 9.43. The molecule has 0 unspecified atom stereocenters. The quantitative estimate of drug-likeness (QED) is 0.197. The lowest BCUT2D eigenvalue weighted by Crippen LogP contribution is -2.54. The minimum absolute atomic E-state index is 0.0750. The molecular weight excluding hydrogens is 484 g/mol. The van der Waals surface area contributed by atoms with Crippen LogP contribution in [0.2, 0.25) is 0 Å². The van der Waals surface area contributed by atoms with Crippen molar-refractivity contribution in [2.75, 3.05) is 0 Å². The molecule has 0 aliphatic rings. The summed E-state index contributed by atoms with van der Waals surface area (Å²) in [6.07, 6.45) is 0. The van der Waals surface area contributed by atoms with Gasteiger partial charge >= 0.3 is 6.05 Å². The molecular formula is C36H26F2N+. The topological polar surface area (TPSA) is 3.88 Å². The van der Waals surface area contributed by atoms with Gasteiger partial charge in [-0.05, 0) is 58.7 Å². The van der Waals surface area contributed by atoms with E-state index in [0.29, 0.717) is 22.5 Å². The third-order valence-corrected chi connectivity index (χ3v) is 6.93. The van der Waals surface area contributed by atoms with Crippen LogP contribution in [0.4, 0.5) is 8.78 Å². The van der Waals surface area contributed by atoms with Gasteiger partial charge in [0.2, 0.25) is 11.4 Å². The minimum atomic E-state index is -3.33. The van der Waals surface area contributed by atoms with Gasteiger partial charge in [-0.3, -0.25) is 0 Å². The van der Waals surface area contributed by atoms with Crippen LogP contribution in [0, 0.1) is 0 Å². The molecule has 5 aromatic carbocycles. The number of hydrogen-bond donors (Lipinski definition) is 0. The van der Waals surface area contributed by atoms with Crippen LogP contribution in [0.5, 0.6) is 0 Å². The summed E-state index contributed by atoms with van der Waals surface area (Å²) in [5.74, 6) is 0. The number of rotatable bonds is 6. The molecule has 0 bridgehead atoms. The Labute approximate surface area is 227 Å². The third kappa shape index (κ3) is 4.87. The maximum Gasteiger partial charge on any atom is 0.490 e. The Morgan fingerprint density at radius 3 is 1.10 bits per heavy atom. The fourth-order valence-corrected chi connectivity index (χ4v) is 4.96. The highest BCUT2D eigenvalue weighted by atomic mass is 19.3. The number of pyridine rings is 1. The van der Waals surface area contributed by atoms with Gasteiger partial charge in [0.15, 0.2) is 0 Å². The van der Waals surface area contributed by atoms with E-state index in [-0.39, 0.29) is 5.56 Å². The summed E-state index contributed by atoms with van der Waals surface area (Å²) >= 11 is 0. The van der Waals surface area contributed by atoms with E-state index in [4.69, 9.17) is 0 Å². The van der Waals surface area contributed by atoms with E-state index < -0.39 is 6.05 Å². The first-order valence-electron chi connectivity index (χ1n) is 12.9. The second-order valence-corrected chi connectivity index (χ2v) is 9.43. The fourth-order valence-electron chi connectivity index (χ4n) is 4.96. The van der Waals surface area contributed by atoms with Gasteiger partial charge < -0.3 is 0 Å². The molecule has 3 heteroatoms. The Hall–Kier alpha value is -4.89. The van der Waals surface area contributed by atoms with Crippen LogP contribution in [0.15, 0.2) is 158 Å². The zero-order valence-electron chi connectivity index (χ0n) is 21.2. The SMILES string of the molecule is FC(F)(c1ccc(-c2ccccc2)cc1)[n+]1c(-c2ccccc2)cc(-c2ccccc2)cc1-c1ccccc1. The van der Waals surface area contributed by atoms with E-state index in [2.05, 4.69) is 0 Å². The first kappa shape index (κ1) is 24.4. The number of hydrogen-bond acceptors (Lipinski definition) is 0. The Balaban J connectivity index is 1.60. The van der Waals surface area contributed by atoms with Gasteiger partial charge in [-0.1, -0.05) is 109 Å². The molecule has 0 N–H and O–H groups in total. The zero-order valence-corrected chi connectivity index (χ0v) is 21.2. The molecule has 1 heterocycles. The van der Waals surface area contributed by atoms with Crippen LogP contribution in [-0.4, -0.2) is 0 Å². The smallest absolute Gasteiger partial charge is 0.134 e. The molecule has 0 saturated heterocycles. The van der Waals surface area contributed by atoms with Crippen molar-refractivity contribution in [3.63, 3.8) is 0 Å². The van der Waals surface area contributed by atoms with E-state index in [9.17, 15) is 0 Å². The molecule has 188 valence electrons. The van der Waals surface area contributed by atoms with Gasteiger partial charge in [-0.15, -0.1) is 13.3 Å². The van der Waals surface area contributed by atoms with E-state index in [1.165, 1.54) is 16.7 Å². The standard InChI is InChI=1S/C36H26F2N/c37-36(38,33-23-21-29(22-24-33)27-13-5-1-6-14-27)39-34(30-17-9-3-10-18-30)25-32(28-15-7-2-8-16-28)26-35(39)31-19-11-4-12-20-31/h1-26H/q+1. The summed E-state index contributed by atoms with van der Waals surface area (Å²) in [6.45, 7) is 0. The molecule has 6 aromatic rings. The van der Waals surface area contributed by atoms with Gasteiger partial charge in [-0.2, -0.15) is 0 Å². The van der Waals surface area contributed by atoms with Crippen molar-refractivity contribution in [2.45, 2.75) is 6.05 Å². The molecule has 0 saturated carbocycles. The highest BCUT2D eigenvalue weighted by Gasteiger charge is 2.48. The van der Waals surface area contributed by atoms with Crippen molar-refractivity contribution < 1.29 is 13.3 Å². The predicted molar refractivity (Wildman–Crippen MR) is 154 cm³/mol. The molecule has 0 amide bonds. The molecule has 0 spiro atoms. The first-order valence-corrected chi connectivity index (χ1v) is 12.9. The third-order valence-electron chi connectivity index (χ3n) is 6.93. The van der Waals surface area contributed by atoms with Gasteiger partial charge in [0.1, 0.15) is 0 Å². The van der Waals surface area contributed by atoms with Crippen LogP contribution >= 0.6 is 0 Å². The highest BCUT2D eigenvalue weighted by Crippen LogP contribution is 2.35. The van der Waals surface area contributed by atoms with E-state index in [1.807, 2.05) is 133 Å². The van der Waals surface area contributed by atoms with E-state index >= 15 is 8.78 Å². The lowest BCUT2D eigenvalue weighted by molar-refractivity contribution is -0.793. The van der Waals surface area contributed by atoms with Gasteiger partial charge in [-0.25, -0.2) is 0 Å². The maximum atomic E-state index is 16.8. The largest absolute Gasteiger partial charge is 0.490 e. The van der Waals surface area contributed by atoms with Crippen molar-refractivity contribution in [3.05, 3.63) is 163 Å². The zero-order chi connectivity index (χ0) is 26.7. The molecule has 0 fully saturated rings. The summed E-state index contributed by atoms with van der Waals surface area (Å²) in [6, 6.07) is 45.5. The number of alkyl halides is 2. The highest BCUT2D eigenvalue weighted by molar-refractivity contribution is 5.74. The van der Waals surface area contributed by atoms with Gasteiger partial charge in [0.25, 0.3) is 0 Å². The van der Waals surface area contributed by atoms with Gasteiger partial charge in [0, 0.05) is 23.3 Å². The summed E-state index contributed by atoms with van der Waals surface area (Å²) in [7, 11) is 0. The van der Waals surface area contributed by atoms with Crippen LogP contribution in [0.1, 0.15) is 5.56 Å². The Morgan fingerprint density at radius 1 is 0.359 bits per heavy atom. The lowest BCUT2D eigenvalue weighted by atomic mass is 9.97. The number of benzene rings is 5. The molecule has 0 aliphatic carbocycles. The maximum absolute atomic E-state index is 16.8. The number of aromatic nitrogens is 1. The normalized spacial score (nSPS) is 11.3. The Kier molecular flexibility index (Phi) is 6.56. The average Bonchev–Trinajstić information content (AvgIpc) is 3.02. The Morgan fingerprint density at radius 2 is 0.692 bits per heavy atom. The van der Waals surface area contributed by atoms with Crippen molar-refractivity contribution >= 4 is 0 Å². The van der Waals surface area contributed by atoms with Crippen LogP contribution in [-0.2, 0) is 6.05 Å². The molecule has 1 nitrogen and oxygen atoms in total. The van der Waals surface area contributed by atoms with E-state index in [1.54, 1.807) is 12.1 Å². The predicted octanol–water partition coefficient (Wildman–Crippen LogP) is 9.24.